The maximum atomic E-state index is 14.4. The summed E-state index contributed by atoms with van der Waals surface area (Å²) in [6.45, 7) is 6.64. The van der Waals surface area contributed by atoms with E-state index in [4.69, 9.17) is 17.3 Å². The van der Waals surface area contributed by atoms with E-state index in [0.29, 0.717) is 34.7 Å². The molecule has 0 amide bonds. The molecule has 0 aliphatic rings. The number of nitrogens with one attached hydrogen (secondary N) is 1. The minimum atomic E-state index is -0.376. The number of rotatable bonds is 6. The van der Waals surface area contributed by atoms with Crippen LogP contribution in [0, 0.1) is 12.7 Å². The fourth-order valence-electron chi connectivity index (χ4n) is 3.41. The van der Waals surface area contributed by atoms with E-state index in [0.717, 1.165) is 33.8 Å². The van der Waals surface area contributed by atoms with Crippen molar-refractivity contribution in [2.45, 2.75) is 19.9 Å². The van der Waals surface area contributed by atoms with Gasteiger partial charge in [-0.25, -0.2) is 9.37 Å². The van der Waals surface area contributed by atoms with Crippen LogP contribution in [0.4, 0.5) is 10.2 Å². The van der Waals surface area contributed by atoms with E-state index < -0.39 is 0 Å². The number of hydrogen-bond donors (Lipinski definition) is 2. The Morgan fingerprint density at radius 1 is 1.16 bits per heavy atom. The van der Waals surface area contributed by atoms with E-state index in [1.165, 1.54) is 12.3 Å². The Morgan fingerprint density at radius 3 is 2.81 bits per heavy atom. The fraction of sp³-hybridized carbons (Fsp3) is 0.125. The number of benzene rings is 1. The molecule has 3 N–H and O–H groups in total. The molecule has 3 aromatic heterocycles. The van der Waals surface area contributed by atoms with E-state index >= 15 is 0 Å². The molecule has 0 aliphatic carbocycles. The molecule has 4 rings (SSSR count). The second-order valence-corrected chi connectivity index (χ2v) is 7.76. The molecule has 0 bridgehead atoms. The summed E-state index contributed by atoms with van der Waals surface area (Å²) in [6, 6.07) is 12.6. The van der Waals surface area contributed by atoms with Crippen LogP contribution in [0.15, 0.2) is 61.4 Å². The highest BCUT2D eigenvalue weighted by molar-refractivity contribution is 6.31. The molecular formula is C24H21ClFN5. The van der Waals surface area contributed by atoms with Crippen molar-refractivity contribution in [3.05, 3.63) is 100 Å². The van der Waals surface area contributed by atoms with E-state index in [-0.39, 0.29) is 5.82 Å². The van der Waals surface area contributed by atoms with Gasteiger partial charge in [-0.2, -0.15) is 0 Å². The average molecular weight is 434 g/mol. The van der Waals surface area contributed by atoms with Crippen LogP contribution in [-0.2, 0) is 13.0 Å². The Bertz CT molecular complexity index is 1290. The molecule has 0 saturated heterocycles. The van der Waals surface area contributed by atoms with Gasteiger partial charge in [0.15, 0.2) is 0 Å². The third kappa shape index (κ3) is 4.81. The third-order valence-electron chi connectivity index (χ3n) is 5.02. The lowest BCUT2D eigenvalue weighted by Crippen LogP contribution is -2.13. The van der Waals surface area contributed by atoms with E-state index in [1.54, 1.807) is 18.3 Å². The van der Waals surface area contributed by atoms with Crippen LogP contribution in [-0.4, -0.2) is 15.0 Å². The highest BCUT2D eigenvalue weighted by Crippen LogP contribution is 2.23. The molecule has 0 atom stereocenters. The molecule has 5 nitrogen and oxygen atoms in total. The first-order valence-corrected chi connectivity index (χ1v) is 10.1. The Kier molecular flexibility index (Phi) is 5.82. The van der Waals surface area contributed by atoms with Gasteiger partial charge in [-0.1, -0.05) is 24.2 Å². The van der Waals surface area contributed by atoms with Crippen molar-refractivity contribution in [2.75, 3.05) is 5.73 Å². The number of nitrogens with two attached hydrogens (primary N) is 1. The molecule has 0 radical (unpaired) electrons. The summed E-state index contributed by atoms with van der Waals surface area (Å²) < 4.78 is 14.4. The highest BCUT2D eigenvalue weighted by Gasteiger charge is 2.09. The van der Waals surface area contributed by atoms with Crippen LogP contribution < -0.4 is 11.1 Å². The van der Waals surface area contributed by atoms with Crippen molar-refractivity contribution in [2.24, 2.45) is 0 Å². The van der Waals surface area contributed by atoms with E-state index in [2.05, 4.69) is 26.8 Å². The molecule has 0 unspecified atom stereocenters. The van der Waals surface area contributed by atoms with Gasteiger partial charge in [-0.05, 0) is 54.4 Å². The van der Waals surface area contributed by atoms with Gasteiger partial charge >= 0.3 is 0 Å². The zero-order chi connectivity index (χ0) is 22.0. The van der Waals surface area contributed by atoms with Gasteiger partial charge in [-0.15, -0.1) is 0 Å². The molecule has 31 heavy (non-hydrogen) atoms. The number of hydrogen-bond acceptors (Lipinski definition) is 5. The Hall–Kier alpha value is -3.51. The summed E-state index contributed by atoms with van der Waals surface area (Å²) in [4.78, 5) is 12.8. The second-order valence-electron chi connectivity index (χ2n) is 7.33. The highest BCUT2D eigenvalue weighted by atomic mass is 35.5. The standard InChI is InChI=1S/C24H21ClFN5/c1-14(29-12-18-3-4-23(27)31-15(18)2)17-5-6-28-21(11-17)8-16-7-19-10-20(25)13-30-24(19)22(26)9-16/h3-7,9-11,13,29H,1,8,12H2,2H3,(H2,27,31). The van der Waals surface area contributed by atoms with Gasteiger partial charge in [0.25, 0.3) is 0 Å². The van der Waals surface area contributed by atoms with Crippen molar-refractivity contribution in [3.8, 4) is 0 Å². The van der Waals surface area contributed by atoms with Crippen molar-refractivity contribution >= 4 is 34.0 Å². The van der Waals surface area contributed by atoms with Crippen molar-refractivity contribution < 1.29 is 4.39 Å². The van der Waals surface area contributed by atoms with Gasteiger partial charge in [0.2, 0.25) is 0 Å². The zero-order valence-electron chi connectivity index (χ0n) is 17.0. The monoisotopic (exact) mass is 433 g/mol. The zero-order valence-corrected chi connectivity index (χ0v) is 17.7. The van der Waals surface area contributed by atoms with Gasteiger partial charge in [0.1, 0.15) is 17.2 Å². The molecule has 0 spiro atoms. The van der Waals surface area contributed by atoms with Gasteiger partial charge in [-0.3, -0.25) is 9.97 Å². The summed E-state index contributed by atoms with van der Waals surface area (Å²) in [5.41, 5.74) is 11.2. The largest absolute Gasteiger partial charge is 0.384 e. The maximum absolute atomic E-state index is 14.4. The van der Waals surface area contributed by atoms with Crippen molar-refractivity contribution in [3.63, 3.8) is 0 Å². The Balaban J connectivity index is 1.50. The lowest BCUT2D eigenvalue weighted by molar-refractivity contribution is 0.635. The number of anilines is 1. The number of aryl methyl sites for hydroxylation is 1. The molecule has 4 aromatic rings. The molecule has 7 heteroatoms. The summed E-state index contributed by atoms with van der Waals surface area (Å²) in [7, 11) is 0. The summed E-state index contributed by atoms with van der Waals surface area (Å²) in [5.74, 6) is 0.126. The lowest BCUT2D eigenvalue weighted by atomic mass is 10.0. The van der Waals surface area contributed by atoms with Crippen LogP contribution in [0.25, 0.3) is 16.6 Å². The third-order valence-corrected chi connectivity index (χ3v) is 5.23. The van der Waals surface area contributed by atoms with Crippen LogP contribution in [0.5, 0.6) is 0 Å². The van der Waals surface area contributed by atoms with Crippen LogP contribution in [0.3, 0.4) is 0 Å². The lowest BCUT2D eigenvalue weighted by Gasteiger charge is -2.12. The number of nitrogen functional groups attached to an aromatic ring is 1. The van der Waals surface area contributed by atoms with E-state index in [1.807, 2.05) is 31.2 Å². The minimum Gasteiger partial charge on any atom is -0.384 e. The van der Waals surface area contributed by atoms with Crippen molar-refractivity contribution in [1.82, 2.24) is 20.3 Å². The maximum Gasteiger partial charge on any atom is 0.149 e. The Morgan fingerprint density at radius 2 is 2.00 bits per heavy atom. The molecule has 0 saturated carbocycles. The van der Waals surface area contributed by atoms with Gasteiger partial charge in [0, 0.05) is 53.4 Å². The number of halogens is 2. The number of aromatic nitrogens is 3. The average Bonchev–Trinajstić information content (AvgIpc) is 2.73. The topological polar surface area (TPSA) is 76.7 Å². The normalized spacial score (nSPS) is 10.9. The first kappa shape index (κ1) is 20.8. The fourth-order valence-corrected chi connectivity index (χ4v) is 3.58. The van der Waals surface area contributed by atoms with Crippen molar-refractivity contribution in [1.29, 1.82) is 0 Å². The van der Waals surface area contributed by atoms with Crippen LogP contribution >= 0.6 is 11.6 Å². The number of pyridine rings is 3. The van der Waals surface area contributed by atoms with Crippen LogP contribution in [0.2, 0.25) is 5.02 Å². The number of fused-ring (bicyclic) bond motifs is 1. The summed E-state index contributed by atoms with van der Waals surface area (Å²) in [5, 5.41) is 4.45. The molecule has 1 aromatic carbocycles. The van der Waals surface area contributed by atoms with Gasteiger partial charge < -0.3 is 11.1 Å². The molecular weight excluding hydrogens is 413 g/mol. The quantitative estimate of drug-likeness (QED) is 0.444. The molecule has 0 aliphatic heterocycles. The first-order chi connectivity index (χ1) is 14.9. The predicted molar refractivity (Wildman–Crippen MR) is 123 cm³/mol. The first-order valence-electron chi connectivity index (χ1n) is 9.73. The van der Waals surface area contributed by atoms with E-state index in [9.17, 15) is 4.39 Å². The molecule has 3 heterocycles. The smallest absolute Gasteiger partial charge is 0.149 e. The van der Waals surface area contributed by atoms with Gasteiger partial charge in [0.05, 0.1) is 5.02 Å². The Labute approximate surface area is 184 Å². The molecule has 0 fully saturated rings. The summed E-state index contributed by atoms with van der Waals surface area (Å²) in [6.07, 6.45) is 3.64. The second kappa shape index (κ2) is 8.70. The SMILES string of the molecule is C=C(NCc1ccc(N)nc1C)c1ccnc(Cc2cc(F)c3ncc(Cl)cc3c2)c1. The van der Waals surface area contributed by atoms with Crippen LogP contribution in [0.1, 0.15) is 28.1 Å². The minimum absolute atomic E-state index is 0.305. The predicted octanol–water partition coefficient (Wildman–Crippen LogP) is 5.06. The summed E-state index contributed by atoms with van der Waals surface area (Å²) >= 11 is 6.01. The molecule has 156 valence electrons. The number of nitrogens with zero attached hydrogens (tertiary/aromatic N) is 3.